The molecule has 2 N–H and O–H groups in total. The minimum absolute atomic E-state index is 0.0763. The minimum Gasteiger partial charge on any atom is -0.324 e. The van der Waals surface area contributed by atoms with Crippen LogP contribution in [-0.4, -0.2) is 18.7 Å². The van der Waals surface area contributed by atoms with Crippen molar-refractivity contribution in [3.05, 3.63) is 26.7 Å². The fourth-order valence-electron chi connectivity index (χ4n) is 2.32. The van der Waals surface area contributed by atoms with Crippen LogP contribution >= 0.6 is 0 Å². The van der Waals surface area contributed by atoms with Crippen molar-refractivity contribution in [1.29, 1.82) is 0 Å². The van der Waals surface area contributed by atoms with Crippen LogP contribution < -0.4 is 17.0 Å². The van der Waals surface area contributed by atoms with Crippen LogP contribution in [-0.2, 0) is 20.1 Å². The number of fused-ring (bicyclic) bond motifs is 1. The van der Waals surface area contributed by atoms with Crippen molar-refractivity contribution < 1.29 is 0 Å². The molecule has 0 aromatic carbocycles. The molecule has 0 unspecified atom stereocenters. The first-order chi connectivity index (χ1) is 8.93. The third-order valence-corrected chi connectivity index (χ3v) is 3.27. The Hall–Kier alpha value is -1.89. The fourth-order valence-corrected chi connectivity index (χ4v) is 2.32. The van der Waals surface area contributed by atoms with E-state index in [1.807, 2.05) is 20.8 Å². The molecule has 0 fully saturated rings. The Balaban J connectivity index is 3.09. The average molecular weight is 265 g/mol. The summed E-state index contributed by atoms with van der Waals surface area (Å²) in [6.45, 7) is 6.52. The Morgan fingerprint density at radius 2 is 1.95 bits per heavy atom. The number of rotatable bonds is 3. The Morgan fingerprint density at radius 3 is 2.42 bits per heavy atom. The summed E-state index contributed by atoms with van der Waals surface area (Å²) in [5.74, 6) is 0.620. The zero-order valence-corrected chi connectivity index (χ0v) is 11.7. The molecule has 0 bridgehead atoms. The smallest absolute Gasteiger partial charge is 0.324 e. The third-order valence-electron chi connectivity index (χ3n) is 3.27. The van der Waals surface area contributed by atoms with Crippen molar-refractivity contribution in [2.45, 2.75) is 39.9 Å². The van der Waals surface area contributed by atoms with Gasteiger partial charge in [0.15, 0.2) is 11.2 Å². The maximum Gasteiger partial charge on any atom is 0.332 e. The largest absolute Gasteiger partial charge is 0.332 e. The van der Waals surface area contributed by atoms with E-state index in [9.17, 15) is 9.59 Å². The monoisotopic (exact) mass is 265 g/mol. The molecule has 7 nitrogen and oxygen atoms in total. The Labute approximate surface area is 110 Å². The summed E-state index contributed by atoms with van der Waals surface area (Å²) in [7, 11) is 1.48. The normalized spacial score (nSPS) is 11.7. The van der Waals surface area contributed by atoms with Crippen LogP contribution in [0.5, 0.6) is 0 Å². The molecule has 0 aliphatic carbocycles. The van der Waals surface area contributed by atoms with Gasteiger partial charge in [-0.25, -0.2) is 9.78 Å². The summed E-state index contributed by atoms with van der Waals surface area (Å²) < 4.78 is 4.43. The van der Waals surface area contributed by atoms with E-state index in [2.05, 4.69) is 4.98 Å². The average Bonchev–Trinajstić information content (AvgIpc) is 2.74. The summed E-state index contributed by atoms with van der Waals surface area (Å²) >= 11 is 0. The lowest BCUT2D eigenvalue weighted by Gasteiger charge is -2.12. The zero-order valence-electron chi connectivity index (χ0n) is 11.7. The van der Waals surface area contributed by atoms with Gasteiger partial charge in [0.1, 0.15) is 5.82 Å². The van der Waals surface area contributed by atoms with E-state index in [4.69, 9.17) is 5.73 Å². The number of imidazole rings is 1. The SMILES string of the molecule is CCn1c(CN)nc2c1c(=O)n(C)c(=O)n2C(C)C. The first-order valence-corrected chi connectivity index (χ1v) is 6.34. The van der Waals surface area contributed by atoms with E-state index < -0.39 is 0 Å². The molecule has 2 aromatic rings. The van der Waals surface area contributed by atoms with Gasteiger partial charge in [-0.2, -0.15) is 0 Å². The Bertz CT molecular complexity index is 735. The lowest BCUT2D eigenvalue weighted by molar-refractivity contribution is 0.551. The second kappa shape index (κ2) is 4.65. The summed E-state index contributed by atoms with van der Waals surface area (Å²) in [6, 6.07) is -0.0763. The molecule has 19 heavy (non-hydrogen) atoms. The van der Waals surface area contributed by atoms with Gasteiger partial charge in [0.05, 0.1) is 6.54 Å². The number of aryl methyl sites for hydroxylation is 1. The van der Waals surface area contributed by atoms with Crippen LogP contribution in [0, 0.1) is 0 Å². The van der Waals surface area contributed by atoms with Crippen LogP contribution in [0.2, 0.25) is 0 Å². The molecule has 0 atom stereocenters. The minimum atomic E-state index is -0.350. The molecule has 0 saturated heterocycles. The van der Waals surface area contributed by atoms with Gasteiger partial charge in [0.2, 0.25) is 0 Å². The third kappa shape index (κ3) is 1.81. The van der Waals surface area contributed by atoms with Gasteiger partial charge >= 0.3 is 5.69 Å². The highest BCUT2D eigenvalue weighted by Crippen LogP contribution is 2.14. The number of hydrogen-bond donors (Lipinski definition) is 1. The first kappa shape index (κ1) is 13.5. The second-order valence-electron chi connectivity index (χ2n) is 4.76. The predicted octanol–water partition coefficient (Wildman–Crippen LogP) is -0.0438. The molecule has 0 spiro atoms. The van der Waals surface area contributed by atoms with Gasteiger partial charge in [-0.15, -0.1) is 0 Å². The lowest BCUT2D eigenvalue weighted by atomic mass is 10.3. The van der Waals surface area contributed by atoms with E-state index in [0.717, 1.165) is 4.57 Å². The van der Waals surface area contributed by atoms with Gasteiger partial charge in [-0.05, 0) is 20.8 Å². The van der Waals surface area contributed by atoms with E-state index in [1.165, 1.54) is 11.6 Å². The van der Waals surface area contributed by atoms with E-state index >= 15 is 0 Å². The van der Waals surface area contributed by atoms with Crippen molar-refractivity contribution in [1.82, 2.24) is 18.7 Å². The van der Waals surface area contributed by atoms with Crippen molar-refractivity contribution in [2.24, 2.45) is 12.8 Å². The van der Waals surface area contributed by atoms with E-state index in [1.54, 1.807) is 4.57 Å². The fraction of sp³-hybridized carbons (Fsp3) is 0.583. The molecular formula is C12H19N5O2. The summed E-state index contributed by atoms with van der Waals surface area (Å²) in [4.78, 5) is 28.8. The van der Waals surface area contributed by atoms with Gasteiger partial charge in [-0.3, -0.25) is 13.9 Å². The quantitative estimate of drug-likeness (QED) is 0.843. The molecule has 0 aliphatic rings. The van der Waals surface area contributed by atoms with Gasteiger partial charge in [0.25, 0.3) is 5.56 Å². The first-order valence-electron chi connectivity index (χ1n) is 6.34. The molecule has 0 radical (unpaired) electrons. The van der Waals surface area contributed by atoms with Gasteiger partial charge in [0, 0.05) is 19.6 Å². The molecule has 104 valence electrons. The maximum absolute atomic E-state index is 12.3. The molecule has 2 aromatic heterocycles. The molecule has 0 aliphatic heterocycles. The molecule has 0 amide bonds. The molecular weight excluding hydrogens is 246 g/mol. The van der Waals surface area contributed by atoms with Crippen molar-refractivity contribution in [3.8, 4) is 0 Å². The lowest BCUT2D eigenvalue weighted by Crippen LogP contribution is -2.39. The summed E-state index contributed by atoms with van der Waals surface area (Å²) in [5, 5.41) is 0. The van der Waals surface area contributed by atoms with Crippen LogP contribution in [0.1, 0.15) is 32.6 Å². The highest BCUT2D eigenvalue weighted by Gasteiger charge is 2.20. The molecule has 7 heteroatoms. The van der Waals surface area contributed by atoms with Crippen LogP contribution in [0.25, 0.3) is 11.2 Å². The maximum atomic E-state index is 12.3. The zero-order chi connectivity index (χ0) is 14.3. The highest BCUT2D eigenvalue weighted by molar-refractivity contribution is 5.71. The van der Waals surface area contributed by atoms with Crippen molar-refractivity contribution in [3.63, 3.8) is 0 Å². The van der Waals surface area contributed by atoms with Gasteiger partial charge < -0.3 is 10.3 Å². The summed E-state index contributed by atoms with van der Waals surface area (Å²) in [6.07, 6.45) is 0. The number of hydrogen-bond acceptors (Lipinski definition) is 4. The van der Waals surface area contributed by atoms with Crippen LogP contribution in [0.4, 0.5) is 0 Å². The van der Waals surface area contributed by atoms with Crippen molar-refractivity contribution >= 4 is 11.2 Å². The van der Waals surface area contributed by atoms with Crippen molar-refractivity contribution in [2.75, 3.05) is 0 Å². The highest BCUT2D eigenvalue weighted by atomic mass is 16.2. The van der Waals surface area contributed by atoms with E-state index in [-0.39, 0.29) is 23.8 Å². The molecule has 0 saturated carbocycles. The predicted molar refractivity (Wildman–Crippen MR) is 73.2 cm³/mol. The molecule has 2 rings (SSSR count). The second-order valence-corrected chi connectivity index (χ2v) is 4.76. The number of nitrogens with zero attached hydrogens (tertiary/aromatic N) is 4. The topological polar surface area (TPSA) is 87.8 Å². The number of aromatic nitrogens is 4. The van der Waals surface area contributed by atoms with Gasteiger partial charge in [-0.1, -0.05) is 0 Å². The number of nitrogens with two attached hydrogens (primary N) is 1. The van der Waals surface area contributed by atoms with Crippen LogP contribution in [0.15, 0.2) is 9.59 Å². The molecule has 2 heterocycles. The van der Waals surface area contributed by atoms with E-state index in [0.29, 0.717) is 23.5 Å². The Kier molecular flexibility index (Phi) is 3.32. The van der Waals surface area contributed by atoms with Crippen LogP contribution in [0.3, 0.4) is 0 Å². The Morgan fingerprint density at radius 1 is 1.32 bits per heavy atom. The standard InChI is InChI=1S/C12H19N5O2/c1-5-16-8(6-13)14-10-9(16)11(18)15(4)12(19)17(10)7(2)3/h7H,5-6,13H2,1-4H3. The summed E-state index contributed by atoms with van der Waals surface area (Å²) in [5.41, 5.74) is 5.85.